The molecule has 7 heteroatoms. The van der Waals surface area contributed by atoms with Crippen LogP contribution < -0.4 is 0 Å². The average Bonchev–Trinajstić information content (AvgIpc) is 3.18. The third kappa shape index (κ3) is 4.99. The number of aryl methyl sites for hydroxylation is 1. The summed E-state index contributed by atoms with van der Waals surface area (Å²) in [5.74, 6) is 0.234. The first kappa shape index (κ1) is 19.6. The molecule has 0 fully saturated rings. The van der Waals surface area contributed by atoms with Crippen LogP contribution in [-0.2, 0) is 11.3 Å². The van der Waals surface area contributed by atoms with Gasteiger partial charge >= 0.3 is 0 Å². The Morgan fingerprint density at radius 1 is 1.25 bits per heavy atom. The lowest BCUT2D eigenvalue weighted by molar-refractivity contribution is -0.128. The van der Waals surface area contributed by atoms with Gasteiger partial charge in [0.15, 0.2) is 5.16 Å². The number of carbonyl (C=O) groups is 1. The molecule has 0 radical (unpaired) electrons. The molecular formula is C21H21N5OS. The second-order valence-corrected chi connectivity index (χ2v) is 7.18. The maximum atomic E-state index is 12.8. The maximum Gasteiger partial charge on any atom is 0.233 e. The van der Waals surface area contributed by atoms with E-state index >= 15 is 0 Å². The molecule has 0 saturated heterocycles. The Balaban J connectivity index is 1.69. The van der Waals surface area contributed by atoms with Gasteiger partial charge in [-0.05, 0) is 30.2 Å². The van der Waals surface area contributed by atoms with Gasteiger partial charge in [-0.1, -0.05) is 36.0 Å². The van der Waals surface area contributed by atoms with Crippen molar-refractivity contribution < 1.29 is 4.79 Å². The largest absolute Gasteiger partial charge is 0.337 e. The summed E-state index contributed by atoms with van der Waals surface area (Å²) >= 11 is 1.40. The number of hydrogen-bond acceptors (Lipinski definition) is 5. The molecule has 0 aliphatic heterocycles. The predicted octanol–water partition coefficient (Wildman–Crippen LogP) is 3.61. The second kappa shape index (κ2) is 9.72. The van der Waals surface area contributed by atoms with Crippen LogP contribution in [0.4, 0.5) is 0 Å². The smallest absolute Gasteiger partial charge is 0.233 e. The number of benzene rings is 1. The van der Waals surface area contributed by atoms with E-state index in [0.29, 0.717) is 19.5 Å². The Kier molecular flexibility index (Phi) is 6.82. The first-order valence-corrected chi connectivity index (χ1v) is 9.93. The van der Waals surface area contributed by atoms with Crippen molar-refractivity contribution in [3.63, 3.8) is 0 Å². The van der Waals surface area contributed by atoms with Gasteiger partial charge in [0.1, 0.15) is 0 Å². The summed E-state index contributed by atoms with van der Waals surface area (Å²) in [7, 11) is 0. The van der Waals surface area contributed by atoms with Gasteiger partial charge in [0.05, 0.1) is 23.9 Å². The molecule has 142 valence electrons. The number of amides is 1. The Bertz CT molecular complexity index is 964. The lowest BCUT2D eigenvalue weighted by Gasteiger charge is -2.21. The summed E-state index contributed by atoms with van der Waals surface area (Å²) in [4.78, 5) is 23.0. The van der Waals surface area contributed by atoms with Gasteiger partial charge in [-0.25, -0.2) is 4.98 Å². The minimum absolute atomic E-state index is 0.0246. The molecule has 28 heavy (non-hydrogen) atoms. The molecule has 0 saturated carbocycles. The first-order chi connectivity index (χ1) is 13.7. The molecule has 0 bridgehead atoms. The molecule has 0 unspecified atom stereocenters. The maximum absolute atomic E-state index is 12.8. The highest BCUT2D eigenvalue weighted by Gasteiger charge is 2.16. The second-order valence-electron chi connectivity index (χ2n) is 6.24. The zero-order chi connectivity index (χ0) is 19.8. The Morgan fingerprint density at radius 3 is 2.86 bits per heavy atom. The zero-order valence-electron chi connectivity index (χ0n) is 15.7. The van der Waals surface area contributed by atoms with E-state index in [1.807, 2.05) is 54.1 Å². The SMILES string of the molecule is Cc1ccccc1-n1ccnc1SCC(=O)N(CCC#N)Cc1cccnc1. The third-order valence-corrected chi connectivity index (χ3v) is 5.20. The standard InChI is InChI=1S/C21H21N5OS/c1-17-6-2-3-8-19(17)26-13-11-24-21(26)28-16-20(27)25(12-5-9-22)15-18-7-4-10-23-14-18/h2-4,6-8,10-11,13-14H,5,12,15-16H2,1H3. The molecule has 6 nitrogen and oxygen atoms in total. The van der Waals surface area contributed by atoms with Crippen LogP contribution in [0.3, 0.4) is 0 Å². The summed E-state index contributed by atoms with van der Waals surface area (Å²) < 4.78 is 1.99. The van der Waals surface area contributed by atoms with E-state index in [4.69, 9.17) is 5.26 Å². The third-order valence-electron chi connectivity index (χ3n) is 4.25. The van der Waals surface area contributed by atoms with Crippen LogP contribution in [0.2, 0.25) is 0 Å². The Labute approximate surface area is 168 Å². The molecule has 2 aromatic heterocycles. The normalized spacial score (nSPS) is 10.4. The summed E-state index contributed by atoms with van der Waals surface area (Å²) in [6.45, 7) is 2.89. The number of carbonyl (C=O) groups excluding carboxylic acids is 1. The molecule has 0 spiro atoms. The van der Waals surface area contributed by atoms with Gasteiger partial charge in [0.2, 0.25) is 5.91 Å². The molecule has 0 atom stereocenters. The van der Waals surface area contributed by atoms with Crippen molar-refractivity contribution in [3.05, 3.63) is 72.3 Å². The quantitative estimate of drug-likeness (QED) is 0.548. The molecule has 0 aliphatic rings. The van der Waals surface area contributed by atoms with E-state index in [0.717, 1.165) is 22.0 Å². The fourth-order valence-electron chi connectivity index (χ4n) is 2.82. The summed E-state index contributed by atoms with van der Waals surface area (Å²) in [6.07, 6.45) is 7.38. The molecular weight excluding hydrogens is 370 g/mol. The molecule has 1 amide bonds. The van der Waals surface area contributed by atoms with Crippen LogP contribution in [-0.4, -0.2) is 37.6 Å². The van der Waals surface area contributed by atoms with E-state index in [9.17, 15) is 4.79 Å². The molecule has 3 aromatic rings. The minimum atomic E-state index is -0.0246. The van der Waals surface area contributed by atoms with Gasteiger partial charge in [0, 0.05) is 37.9 Å². The number of thioether (sulfide) groups is 1. The van der Waals surface area contributed by atoms with Crippen LogP contribution in [0.15, 0.2) is 66.3 Å². The van der Waals surface area contributed by atoms with Crippen LogP contribution >= 0.6 is 11.8 Å². The fourth-order valence-corrected chi connectivity index (χ4v) is 3.69. The van der Waals surface area contributed by atoms with Crippen LogP contribution in [0.25, 0.3) is 5.69 Å². The first-order valence-electron chi connectivity index (χ1n) is 8.95. The van der Waals surface area contributed by atoms with Crippen molar-refractivity contribution >= 4 is 17.7 Å². The van der Waals surface area contributed by atoms with Crippen molar-refractivity contribution in [2.24, 2.45) is 0 Å². The van der Waals surface area contributed by atoms with Crippen LogP contribution in [0.1, 0.15) is 17.5 Å². The van der Waals surface area contributed by atoms with Gasteiger partial charge in [-0.15, -0.1) is 0 Å². The van der Waals surface area contributed by atoms with Gasteiger partial charge < -0.3 is 4.90 Å². The topological polar surface area (TPSA) is 74.8 Å². The van der Waals surface area contributed by atoms with Crippen molar-refractivity contribution in [1.82, 2.24) is 19.4 Å². The number of nitriles is 1. The van der Waals surface area contributed by atoms with Crippen molar-refractivity contribution in [1.29, 1.82) is 5.26 Å². The van der Waals surface area contributed by atoms with E-state index in [2.05, 4.69) is 16.0 Å². The summed E-state index contributed by atoms with van der Waals surface area (Å²) in [6, 6.07) is 13.9. The highest BCUT2D eigenvalue weighted by atomic mass is 32.2. The lowest BCUT2D eigenvalue weighted by Crippen LogP contribution is -2.33. The zero-order valence-corrected chi connectivity index (χ0v) is 16.5. The summed E-state index contributed by atoms with van der Waals surface area (Å²) in [5, 5.41) is 9.68. The molecule has 3 rings (SSSR count). The van der Waals surface area contributed by atoms with Crippen LogP contribution in [0.5, 0.6) is 0 Å². The molecule has 0 N–H and O–H groups in total. The number of nitrogens with zero attached hydrogens (tertiary/aromatic N) is 5. The number of aromatic nitrogens is 3. The van der Waals surface area contributed by atoms with Gasteiger partial charge in [-0.2, -0.15) is 5.26 Å². The lowest BCUT2D eigenvalue weighted by atomic mass is 10.2. The van der Waals surface area contributed by atoms with Crippen molar-refractivity contribution in [2.75, 3.05) is 12.3 Å². The highest BCUT2D eigenvalue weighted by molar-refractivity contribution is 7.99. The molecule has 1 aromatic carbocycles. The number of hydrogen-bond donors (Lipinski definition) is 0. The Morgan fingerprint density at radius 2 is 2.11 bits per heavy atom. The predicted molar refractivity (Wildman–Crippen MR) is 109 cm³/mol. The van der Waals surface area contributed by atoms with Crippen molar-refractivity contribution in [2.45, 2.75) is 25.0 Å². The number of imidazole rings is 1. The monoisotopic (exact) mass is 391 g/mol. The number of pyridine rings is 1. The van der Waals surface area contributed by atoms with Gasteiger partial charge in [0.25, 0.3) is 0 Å². The van der Waals surface area contributed by atoms with Crippen LogP contribution in [0, 0.1) is 18.3 Å². The average molecular weight is 392 g/mol. The van der Waals surface area contributed by atoms with E-state index in [1.165, 1.54) is 11.8 Å². The Hall–Kier alpha value is -3.11. The summed E-state index contributed by atoms with van der Waals surface area (Å²) in [5.41, 5.74) is 3.13. The minimum Gasteiger partial charge on any atom is -0.337 e. The molecule has 2 heterocycles. The highest BCUT2D eigenvalue weighted by Crippen LogP contribution is 2.23. The van der Waals surface area contributed by atoms with Gasteiger partial charge in [-0.3, -0.25) is 14.3 Å². The van der Waals surface area contributed by atoms with E-state index in [1.54, 1.807) is 23.5 Å². The molecule has 0 aliphatic carbocycles. The van der Waals surface area contributed by atoms with Crippen molar-refractivity contribution in [3.8, 4) is 11.8 Å². The fraction of sp³-hybridized carbons (Fsp3) is 0.238. The number of para-hydroxylation sites is 1. The van der Waals surface area contributed by atoms with E-state index in [-0.39, 0.29) is 11.7 Å². The van der Waals surface area contributed by atoms with E-state index < -0.39 is 0 Å². The number of rotatable bonds is 8.